The predicted molar refractivity (Wildman–Crippen MR) is 95.2 cm³/mol. The molecular formula is C19H19ClN2O2. The highest BCUT2D eigenvalue weighted by Gasteiger charge is 2.24. The molecule has 5 heteroatoms. The second-order valence-corrected chi connectivity index (χ2v) is 6.28. The first kappa shape index (κ1) is 16.6. The second-order valence-electron chi connectivity index (χ2n) is 5.84. The molecule has 4 nitrogen and oxygen atoms in total. The van der Waals surface area contributed by atoms with Crippen LogP contribution in [0.3, 0.4) is 0 Å². The van der Waals surface area contributed by atoms with Gasteiger partial charge in [0.15, 0.2) is 0 Å². The Bertz CT molecular complexity index is 771. The van der Waals surface area contributed by atoms with E-state index in [4.69, 9.17) is 22.1 Å². The second kappa shape index (κ2) is 7.07. The third-order valence-electron chi connectivity index (χ3n) is 4.01. The van der Waals surface area contributed by atoms with Crippen molar-refractivity contribution in [2.75, 3.05) is 13.2 Å². The number of ether oxygens (including phenoxy) is 1. The Kier molecular flexibility index (Phi) is 4.88. The lowest BCUT2D eigenvalue weighted by Gasteiger charge is -2.15. The minimum atomic E-state index is 0.000223. The molecule has 2 aromatic carbocycles. The van der Waals surface area contributed by atoms with Gasteiger partial charge in [-0.3, -0.25) is 4.79 Å². The Balaban J connectivity index is 1.65. The van der Waals surface area contributed by atoms with Crippen molar-refractivity contribution >= 4 is 17.5 Å². The first-order valence-electron chi connectivity index (χ1n) is 7.73. The lowest BCUT2D eigenvalue weighted by Crippen LogP contribution is -2.25. The van der Waals surface area contributed by atoms with Gasteiger partial charge >= 0.3 is 0 Å². The van der Waals surface area contributed by atoms with Gasteiger partial charge in [0.1, 0.15) is 12.4 Å². The highest BCUT2D eigenvalue weighted by Crippen LogP contribution is 2.27. The van der Waals surface area contributed by atoms with E-state index in [-0.39, 0.29) is 5.91 Å². The van der Waals surface area contributed by atoms with Crippen LogP contribution in [0.15, 0.2) is 54.6 Å². The minimum absolute atomic E-state index is 0.000223. The number of carbonyl (C=O) groups is 1. The molecule has 1 amide bonds. The molecule has 0 atom stereocenters. The van der Waals surface area contributed by atoms with Crippen molar-refractivity contribution in [2.45, 2.75) is 13.1 Å². The standard InChI is InChI=1S/C19H19ClN2O2/c1-13(9-21)12-24-18-6-3-14(4-7-18)19(23)22-10-15-2-5-17(20)8-16(15)11-22/h2-8H,1,9-12,21H2. The van der Waals surface area contributed by atoms with Gasteiger partial charge in [0.2, 0.25) is 0 Å². The van der Waals surface area contributed by atoms with Crippen LogP contribution < -0.4 is 10.5 Å². The molecule has 1 aliphatic rings. The van der Waals surface area contributed by atoms with E-state index >= 15 is 0 Å². The van der Waals surface area contributed by atoms with Crippen LogP contribution in [0.4, 0.5) is 0 Å². The molecule has 0 unspecified atom stereocenters. The van der Waals surface area contributed by atoms with Crippen LogP contribution in [0.1, 0.15) is 21.5 Å². The van der Waals surface area contributed by atoms with E-state index in [0.29, 0.717) is 42.6 Å². The summed E-state index contributed by atoms with van der Waals surface area (Å²) in [5.74, 6) is 0.692. The van der Waals surface area contributed by atoms with E-state index in [1.54, 1.807) is 24.3 Å². The number of halogens is 1. The smallest absolute Gasteiger partial charge is 0.254 e. The summed E-state index contributed by atoms with van der Waals surface area (Å²) >= 11 is 6.02. The number of fused-ring (bicyclic) bond motifs is 1. The van der Waals surface area contributed by atoms with E-state index < -0.39 is 0 Å². The fraction of sp³-hybridized carbons (Fsp3) is 0.211. The zero-order valence-electron chi connectivity index (χ0n) is 13.3. The molecule has 0 radical (unpaired) electrons. The van der Waals surface area contributed by atoms with Gasteiger partial charge in [0.25, 0.3) is 5.91 Å². The molecule has 3 rings (SSSR count). The van der Waals surface area contributed by atoms with Crippen molar-refractivity contribution in [3.63, 3.8) is 0 Å². The van der Waals surface area contributed by atoms with E-state index in [9.17, 15) is 4.79 Å². The van der Waals surface area contributed by atoms with Crippen LogP contribution in [0.5, 0.6) is 5.75 Å². The van der Waals surface area contributed by atoms with E-state index in [1.807, 2.05) is 23.1 Å². The van der Waals surface area contributed by atoms with E-state index in [0.717, 1.165) is 16.7 Å². The maximum atomic E-state index is 12.6. The van der Waals surface area contributed by atoms with Crippen LogP contribution in [-0.4, -0.2) is 24.0 Å². The van der Waals surface area contributed by atoms with Gasteiger partial charge in [0.05, 0.1) is 0 Å². The molecule has 0 saturated heterocycles. The molecule has 0 aliphatic carbocycles. The monoisotopic (exact) mass is 342 g/mol. The summed E-state index contributed by atoms with van der Waals surface area (Å²) in [4.78, 5) is 14.5. The van der Waals surface area contributed by atoms with Gasteiger partial charge in [0, 0.05) is 30.2 Å². The first-order valence-corrected chi connectivity index (χ1v) is 8.11. The Hall–Kier alpha value is -2.30. The summed E-state index contributed by atoms with van der Waals surface area (Å²) in [6, 6.07) is 12.9. The van der Waals surface area contributed by atoms with Crippen molar-refractivity contribution in [3.8, 4) is 5.75 Å². The maximum absolute atomic E-state index is 12.6. The average Bonchev–Trinajstić information content (AvgIpc) is 3.02. The van der Waals surface area contributed by atoms with E-state index in [1.165, 1.54) is 0 Å². The number of hydrogen-bond acceptors (Lipinski definition) is 3. The molecule has 0 bridgehead atoms. The average molecular weight is 343 g/mol. The lowest BCUT2D eigenvalue weighted by atomic mass is 10.1. The molecule has 124 valence electrons. The van der Waals surface area contributed by atoms with Crippen molar-refractivity contribution < 1.29 is 9.53 Å². The SMILES string of the molecule is C=C(CN)COc1ccc(C(=O)N2Cc3ccc(Cl)cc3C2)cc1. The van der Waals surface area contributed by atoms with Crippen LogP contribution >= 0.6 is 11.6 Å². The maximum Gasteiger partial charge on any atom is 0.254 e. The summed E-state index contributed by atoms with van der Waals surface area (Å²) in [6.07, 6.45) is 0. The summed E-state index contributed by atoms with van der Waals surface area (Å²) < 4.78 is 5.56. The summed E-state index contributed by atoms with van der Waals surface area (Å²) in [5.41, 5.74) is 9.19. The van der Waals surface area contributed by atoms with Gasteiger partial charge in [-0.2, -0.15) is 0 Å². The molecule has 2 aromatic rings. The number of benzene rings is 2. The highest BCUT2D eigenvalue weighted by atomic mass is 35.5. The van der Waals surface area contributed by atoms with Crippen LogP contribution in [-0.2, 0) is 13.1 Å². The fourth-order valence-corrected chi connectivity index (χ4v) is 2.82. The van der Waals surface area contributed by atoms with E-state index in [2.05, 4.69) is 6.58 Å². The Morgan fingerprint density at radius 3 is 2.58 bits per heavy atom. The largest absolute Gasteiger partial charge is 0.489 e. The van der Waals surface area contributed by atoms with Crippen molar-refractivity contribution in [1.82, 2.24) is 4.90 Å². The van der Waals surface area contributed by atoms with Crippen molar-refractivity contribution in [1.29, 1.82) is 0 Å². The van der Waals surface area contributed by atoms with Crippen molar-refractivity contribution in [2.24, 2.45) is 5.73 Å². The molecule has 1 aliphatic heterocycles. The molecule has 0 spiro atoms. The molecule has 0 aromatic heterocycles. The van der Waals surface area contributed by atoms with Gasteiger partial charge in [-0.15, -0.1) is 0 Å². The third kappa shape index (κ3) is 3.61. The van der Waals surface area contributed by atoms with Crippen LogP contribution in [0.2, 0.25) is 5.02 Å². The van der Waals surface area contributed by atoms with Gasteiger partial charge < -0.3 is 15.4 Å². The number of rotatable bonds is 5. The molecule has 24 heavy (non-hydrogen) atoms. The minimum Gasteiger partial charge on any atom is -0.489 e. The fourth-order valence-electron chi connectivity index (χ4n) is 2.63. The molecular weight excluding hydrogens is 324 g/mol. The quantitative estimate of drug-likeness (QED) is 0.847. The number of amides is 1. The summed E-state index contributed by atoms with van der Waals surface area (Å²) in [6.45, 7) is 5.77. The topological polar surface area (TPSA) is 55.6 Å². The zero-order valence-corrected chi connectivity index (χ0v) is 14.1. The lowest BCUT2D eigenvalue weighted by molar-refractivity contribution is 0.0751. The molecule has 0 fully saturated rings. The number of hydrogen-bond donors (Lipinski definition) is 1. The zero-order chi connectivity index (χ0) is 17.1. The number of nitrogens with two attached hydrogens (primary N) is 1. The Labute approximate surface area is 146 Å². The van der Waals surface area contributed by atoms with Crippen molar-refractivity contribution in [3.05, 3.63) is 76.3 Å². The van der Waals surface area contributed by atoms with Crippen LogP contribution in [0.25, 0.3) is 0 Å². The molecule has 1 heterocycles. The first-order chi connectivity index (χ1) is 11.6. The summed E-state index contributed by atoms with van der Waals surface area (Å²) in [7, 11) is 0. The third-order valence-corrected chi connectivity index (χ3v) is 4.25. The van der Waals surface area contributed by atoms with Crippen LogP contribution in [0, 0.1) is 0 Å². The molecule has 2 N–H and O–H groups in total. The normalized spacial score (nSPS) is 12.8. The van der Waals surface area contributed by atoms with Gasteiger partial charge in [-0.05, 0) is 53.1 Å². The number of carbonyl (C=O) groups excluding carboxylic acids is 1. The molecule has 0 saturated carbocycles. The summed E-state index contributed by atoms with van der Waals surface area (Å²) in [5, 5.41) is 0.698. The highest BCUT2D eigenvalue weighted by molar-refractivity contribution is 6.30. The number of nitrogens with zero attached hydrogens (tertiary/aromatic N) is 1. The predicted octanol–water partition coefficient (Wildman–Crippen LogP) is 3.39. The van der Waals surface area contributed by atoms with Gasteiger partial charge in [-0.25, -0.2) is 0 Å². The van der Waals surface area contributed by atoms with Gasteiger partial charge in [-0.1, -0.05) is 24.2 Å². The Morgan fingerprint density at radius 1 is 1.17 bits per heavy atom. The Morgan fingerprint density at radius 2 is 1.88 bits per heavy atom.